The number of hydrogen-bond acceptors (Lipinski definition) is 3. The van der Waals surface area contributed by atoms with Gasteiger partial charge < -0.3 is 9.64 Å². The van der Waals surface area contributed by atoms with Gasteiger partial charge in [-0.3, -0.25) is 9.59 Å². The number of Topliss-reactive ketones (excluding diaryl/α,β-unsaturated/α-hetero) is 1. The Kier molecular flexibility index (Phi) is 4.86. The second-order valence-corrected chi connectivity index (χ2v) is 6.19. The van der Waals surface area contributed by atoms with Gasteiger partial charge in [-0.15, -0.1) is 0 Å². The highest BCUT2D eigenvalue weighted by Crippen LogP contribution is 2.25. The smallest absolute Gasteiger partial charge is 0.254 e. The minimum atomic E-state index is -0.415. The van der Waals surface area contributed by atoms with Crippen molar-refractivity contribution in [1.29, 1.82) is 0 Å². The summed E-state index contributed by atoms with van der Waals surface area (Å²) in [5, 5.41) is 0.582. The van der Waals surface area contributed by atoms with Crippen molar-refractivity contribution >= 4 is 23.3 Å². The summed E-state index contributed by atoms with van der Waals surface area (Å²) in [5.41, 5.74) is 1.14. The maximum atomic E-state index is 12.8. The van der Waals surface area contributed by atoms with Crippen molar-refractivity contribution in [3.05, 3.63) is 64.7 Å². The van der Waals surface area contributed by atoms with Crippen LogP contribution in [0.3, 0.4) is 0 Å². The summed E-state index contributed by atoms with van der Waals surface area (Å²) >= 11 is 5.87. The van der Waals surface area contributed by atoms with Crippen molar-refractivity contribution in [1.82, 2.24) is 4.90 Å². The first-order chi connectivity index (χ1) is 11.6. The van der Waals surface area contributed by atoms with Gasteiger partial charge in [0.2, 0.25) is 0 Å². The second kappa shape index (κ2) is 7.05. The highest BCUT2D eigenvalue weighted by atomic mass is 35.5. The Balaban J connectivity index is 1.80. The quantitative estimate of drug-likeness (QED) is 0.792. The van der Waals surface area contributed by atoms with E-state index < -0.39 is 6.04 Å². The molecular weight excluding hydrogens is 326 g/mol. The molecule has 4 nitrogen and oxygen atoms in total. The van der Waals surface area contributed by atoms with E-state index in [0.717, 1.165) is 6.42 Å². The predicted octanol–water partition coefficient (Wildman–Crippen LogP) is 3.84. The van der Waals surface area contributed by atoms with E-state index in [1.165, 1.54) is 0 Å². The van der Waals surface area contributed by atoms with Gasteiger partial charge in [-0.2, -0.15) is 0 Å². The Morgan fingerprint density at radius 2 is 1.67 bits per heavy atom. The van der Waals surface area contributed by atoms with E-state index in [1.54, 1.807) is 60.5 Å². The van der Waals surface area contributed by atoms with E-state index in [0.29, 0.717) is 34.9 Å². The van der Waals surface area contributed by atoms with Crippen molar-refractivity contribution in [2.45, 2.75) is 18.9 Å². The third-order valence-corrected chi connectivity index (χ3v) is 4.53. The van der Waals surface area contributed by atoms with Crippen LogP contribution in [0.2, 0.25) is 5.02 Å². The van der Waals surface area contributed by atoms with E-state index in [-0.39, 0.29) is 11.7 Å². The first kappa shape index (κ1) is 16.5. The van der Waals surface area contributed by atoms with Crippen molar-refractivity contribution in [2.75, 3.05) is 13.7 Å². The van der Waals surface area contributed by atoms with Crippen LogP contribution in [0.5, 0.6) is 5.75 Å². The molecule has 1 aliphatic heterocycles. The summed E-state index contributed by atoms with van der Waals surface area (Å²) in [7, 11) is 1.58. The molecule has 5 heteroatoms. The third-order valence-electron chi connectivity index (χ3n) is 4.28. The summed E-state index contributed by atoms with van der Waals surface area (Å²) in [6.45, 7) is 0.591. The van der Waals surface area contributed by atoms with E-state index in [2.05, 4.69) is 0 Å². The summed E-state index contributed by atoms with van der Waals surface area (Å²) in [6.07, 6.45) is 1.51. The number of carbonyl (C=O) groups is 2. The second-order valence-electron chi connectivity index (χ2n) is 5.76. The first-order valence-electron chi connectivity index (χ1n) is 7.85. The molecule has 1 unspecified atom stereocenters. The molecule has 1 saturated heterocycles. The van der Waals surface area contributed by atoms with Crippen LogP contribution >= 0.6 is 11.6 Å². The van der Waals surface area contributed by atoms with Crippen LogP contribution < -0.4 is 4.74 Å². The fraction of sp³-hybridized carbons (Fsp3) is 0.263. The maximum absolute atomic E-state index is 12.8. The van der Waals surface area contributed by atoms with Gasteiger partial charge in [-0.05, 0) is 61.4 Å². The molecular formula is C19H18ClNO3. The van der Waals surface area contributed by atoms with Gasteiger partial charge in [0.25, 0.3) is 5.91 Å². The summed E-state index contributed by atoms with van der Waals surface area (Å²) < 4.78 is 5.11. The number of carbonyl (C=O) groups excluding carboxylic acids is 2. The highest BCUT2D eigenvalue weighted by Gasteiger charge is 2.34. The monoisotopic (exact) mass is 343 g/mol. The predicted molar refractivity (Wildman–Crippen MR) is 92.8 cm³/mol. The number of hydrogen-bond donors (Lipinski definition) is 0. The zero-order valence-electron chi connectivity index (χ0n) is 13.4. The van der Waals surface area contributed by atoms with Gasteiger partial charge in [-0.25, -0.2) is 0 Å². The Morgan fingerprint density at radius 3 is 2.29 bits per heavy atom. The van der Waals surface area contributed by atoms with Crippen LogP contribution in [0.15, 0.2) is 48.5 Å². The summed E-state index contributed by atoms with van der Waals surface area (Å²) in [5.74, 6) is 0.542. The minimum Gasteiger partial charge on any atom is -0.497 e. The average Bonchev–Trinajstić information content (AvgIpc) is 3.11. The Labute approximate surface area is 146 Å². The molecule has 0 aromatic heterocycles. The van der Waals surface area contributed by atoms with Crippen LogP contribution in [0, 0.1) is 0 Å². The zero-order valence-corrected chi connectivity index (χ0v) is 14.1. The van der Waals surface area contributed by atoms with Gasteiger partial charge in [-0.1, -0.05) is 11.6 Å². The molecule has 2 aromatic rings. The molecule has 124 valence electrons. The standard InChI is InChI=1S/C19H18ClNO3/c1-24-16-10-6-13(7-11-16)18(22)17-3-2-12-21(17)19(23)14-4-8-15(20)9-5-14/h4-11,17H,2-3,12H2,1H3. The molecule has 1 heterocycles. The lowest BCUT2D eigenvalue weighted by molar-refractivity contribution is 0.0671. The first-order valence-corrected chi connectivity index (χ1v) is 8.23. The molecule has 0 spiro atoms. The number of ether oxygens (including phenoxy) is 1. The molecule has 24 heavy (non-hydrogen) atoms. The number of amides is 1. The van der Waals surface area contributed by atoms with Crippen molar-refractivity contribution < 1.29 is 14.3 Å². The molecule has 1 aliphatic rings. The number of methoxy groups -OCH3 is 1. The van der Waals surface area contributed by atoms with E-state index in [9.17, 15) is 9.59 Å². The molecule has 3 rings (SSSR count). The molecule has 0 radical (unpaired) electrons. The van der Waals surface area contributed by atoms with Gasteiger partial charge in [0.05, 0.1) is 13.2 Å². The SMILES string of the molecule is COc1ccc(C(=O)C2CCCN2C(=O)c2ccc(Cl)cc2)cc1. The molecule has 1 amide bonds. The fourth-order valence-electron chi connectivity index (χ4n) is 2.99. The lowest BCUT2D eigenvalue weighted by atomic mass is 10.0. The Morgan fingerprint density at radius 1 is 1.04 bits per heavy atom. The number of benzene rings is 2. The molecule has 0 bridgehead atoms. The van der Waals surface area contributed by atoms with Crippen LogP contribution in [0.4, 0.5) is 0 Å². The van der Waals surface area contributed by atoms with Gasteiger partial charge in [0, 0.05) is 22.7 Å². The number of likely N-dealkylation sites (tertiary alicyclic amines) is 1. The van der Waals surface area contributed by atoms with Crippen molar-refractivity contribution in [3.8, 4) is 5.75 Å². The normalized spacial score (nSPS) is 16.9. The van der Waals surface area contributed by atoms with Gasteiger partial charge in [0.1, 0.15) is 5.75 Å². The fourth-order valence-corrected chi connectivity index (χ4v) is 3.11. The number of halogens is 1. The van der Waals surface area contributed by atoms with Crippen LogP contribution in [-0.2, 0) is 0 Å². The highest BCUT2D eigenvalue weighted by molar-refractivity contribution is 6.30. The molecule has 0 aliphatic carbocycles. The number of rotatable bonds is 4. The summed E-state index contributed by atoms with van der Waals surface area (Å²) in [4.78, 5) is 27.2. The topological polar surface area (TPSA) is 46.6 Å². The van der Waals surface area contributed by atoms with Crippen LogP contribution in [-0.4, -0.2) is 36.3 Å². The minimum absolute atomic E-state index is 0.0301. The molecule has 0 N–H and O–H groups in total. The molecule has 0 saturated carbocycles. The van der Waals surface area contributed by atoms with Crippen molar-refractivity contribution in [2.24, 2.45) is 0 Å². The average molecular weight is 344 g/mol. The summed E-state index contributed by atoms with van der Waals surface area (Å²) in [6, 6.07) is 13.3. The van der Waals surface area contributed by atoms with Crippen LogP contribution in [0.25, 0.3) is 0 Å². The lowest BCUT2D eigenvalue weighted by Gasteiger charge is -2.24. The van der Waals surface area contributed by atoms with E-state index in [4.69, 9.17) is 16.3 Å². The Hall–Kier alpha value is -2.33. The van der Waals surface area contributed by atoms with Crippen molar-refractivity contribution in [3.63, 3.8) is 0 Å². The Bertz CT molecular complexity index is 740. The van der Waals surface area contributed by atoms with E-state index >= 15 is 0 Å². The van der Waals surface area contributed by atoms with E-state index in [1.807, 2.05) is 0 Å². The molecule has 1 fully saturated rings. The third kappa shape index (κ3) is 3.29. The number of ketones is 1. The zero-order chi connectivity index (χ0) is 17.1. The lowest BCUT2D eigenvalue weighted by Crippen LogP contribution is -2.40. The largest absolute Gasteiger partial charge is 0.497 e. The molecule has 1 atom stereocenters. The van der Waals surface area contributed by atoms with Gasteiger partial charge in [0.15, 0.2) is 5.78 Å². The van der Waals surface area contributed by atoms with Gasteiger partial charge >= 0.3 is 0 Å². The van der Waals surface area contributed by atoms with Crippen LogP contribution in [0.1, 0.15) is 33.6 Å². The molecule has 2 aromatic carbocycles. The maximum Gasteiger partial charge on any atom is 0.254 e. The number of nitrogens with zero attached hydrogens (tertiary/aromatic N) is 1.